The van der Waals surface area contributed by atoms with Crippen molar-refractivity contribution in [2.75, 3.05) is 19.8 Å². The Bertz CT molecular complexity index is 161. The average molecular weight is 215 g/mol. The molecule has 0 bridgehead atoms. The van der Waals surface area contributed by atoms with E-state index in [1.54, 1.807) is 0 Å². The highest BCUT2D eigenvalue weighted by molar-refractivity contribution is 4.79. The van der Waals surface area contributed by atoms with Crippen LogP contribution in [0.15, 0.2) is 0 Å². The van der Waals surface area contributed by atoms with Gasteiger partial charge in [0.05, 0.1) is 13.2 Å². The van der Waals surface area contributed by atoms with E-state index in [1.807, 2.05) is 6.92 Å². The van der Waals surface area contributed by atoms with E-state index in [0.29, 0.717) is 12.6 Å². The monoisotopic (exact) mass is 215 g/mol. The summed E-state index contributed by atoms with van der Waals surface area (Å²) in [6, 6.07) is 0.588. The summed E-state index contributed by atoms with van der Waals surface area (Å²) in [4.78, 5) is 0. The van der Waals surface area contributed by atoms with Gasteiger partial charge in [-0.05, 0) is 12.8 Å². The van der Waals surface area contributed by atoms with Crippen LogP contribution < -0.4 is 5.32 Å². The molecule has 1 aliphatic carbocycles. The lowest BCUT2D eigenvalue weighted by Crippen LogP contribution is -2.42. The molecule has 0 saturated heterocycles. The van der Waals surface area contributed by atoms with Crippen molar-refractivity contribution in [2.24, 2.45) is 5.41 Å². The lowest BCUT2D eigenvalue weighted by molar-refractivity contribution is 0.0668. The molecule has 1 fully saturated rings. The van der Waals surface area contributed by atoms with E-state index in [1.165, 1.54) is 38.5 Å². The van der Waals surface area contributed by atoms with E-state index >= 15 is 0 Å². The third kappa shape index (κ3) is 4.49. The zero-order valence-electron chi connectivity index (χ0n) is 9.84. The van der Waals surface area contributed by atoms with Crippen LogP contribution in [0.5, 0.6) is 0 Å². The molecule has 3 nitrogen and oxygen atoms in total. The fourth-order valence-corrected chi connectivity index (χ4v) is 2.04. The van der Waals surface area contributed by atoms with Crippen molar-refractivity contribution >= 4 is 0 Å². The first kappa shape index (κ1) is 12.9. The minimum absolute atomic E-state index is 0.0449. The maximum absolute atomic E-state index is 9.17. The van der Waals surface area contributed by atoms with E-state index in [4.69, 9.17) is 0 Å². The Hall–Kier alpha value is -0.120. The molecule has 0 amide bonds. The Morgan fingerprint density at radius 1 is 1.07 bits per heavy atom. The van der Waals surface area contributed by atoms with Crippen LogP contribution in [0.2, 0.25) is 0 Å². The summed E-state index contributed by atoms with van der Waals surface area (Å²) >= 11 is 0. The van der Waals surface area contributed by atoms with Crippen molar-refractivity contribution in [1.82, 2.24) is 5.32 Å². The normalized spacial score (nSPS) is 20.2. The van der Waals surface area contributed by atoms with E-state index in [-0.39, 0.29) is 18.6 Å². The van der Waals surface area contributed by atoms with Crippen LogP contribution in [0.25, 0.3) is 0 Å². The Morgan fingerprint density at radius 2 is 1.60 bits per heavy atom. The van der Waals surface area contributed by atoms with E-state index < -0.39 is 0 Å². The molecule has 1 saturated carbocycles. The predicted octanol–water partition coefficient (Wildman–Crippen LogP) is 1.29. The second-order valence-electron chi connectivity index (χ2n) is 5.20. The van der Waals surface area contributed by atoms with Gasteiger partial charge in [0, 0.05) is 18.0 Å². The number of aliphatic hydroxyl groups is 2. The van der Waals surface area contributed by atoms with Gasteiger partial charge in [0.2, 0.25) is 0 Å². The third-order valence-electron chi connectivity index (χ3n) is 3.44. The summed E-state index contributed by atoms with van der Waals surface area (Å²) in [6.45, 7) is 2.72. The van der Waals surface area contributed by atoms with Gasteiger partial charge in [-0.1, -0.05) is 32.6 Å². The largest absolute Gasteiger partial charge is 0.396 e. The SMILES string of the molecule is CC(CO)(CO)CNC1CCCCCC1. The maximum atomic E-state index is 9.17. The molecule has 0 aromatic heterocycles. The Balaban J connectivity index is 2.27. The van der Waals surface area contributed by atoms with Gasteiger partial charge in [0.1, 0.15) is 0 Å². The summed E-state index contributed by atoms with van der Waals surface area (Å²) in [5, 5.41) is 21.8. The van der Waals surface area contributed by atoms with Crippen LogP contribution in [0.3, 0.4) is 0 Å². The molecule has 0 spiro atoms. The standard InChI is InChI=1S/C12H25NO2/c1-12(9-14,10-15)8-13-11-6-4-2-3-5-7-11/h11,13-15H,2-10H2,1H3. The second kappa shape index (κ2) is 6.46. The van der Waals surface area contributed by atoms with Crippen LogP contribution in [0, 0.1) is 5.41 Å². The van der Waals surface area contributed by atoms with Gasteiger partial charge < -0.3 is 15.5 Å². The zero-order valence-corrected chi connectivity index (χ0v) is 9.84. The van der Waals surface area contributed by atoms with Crippen LogP contribution in [-0.2, 0) is 0 Å². The highest BCUT2D eigenvalue weighted by Crippen LogP contribution is 2.19. The van der Waals surface area contributed by atoms with Crippen molar-refractivity contribution in [3.8, 4) is 0 Å². The first-order valence-electron chi connectivity index (χ1n) is 6.15. The van der Waals surface area contributed by atoms with Crippen LogP contribution in [0.4, 0.5) is 0 Å². The van der Waals surface area contributed by atoms with Gasteiger partial charge in [0.25, 0.3) is 0 Å². The quantitative estimate of drug-likeness (QED) is 0.606. The highest BCUT2D eigenvalue weighted by Gasteiger charge is 2.23. The fourth-order valence-electron chi connectivity index (χ4n) is 2.04. The van der Waals surface area contributed by atoms with Gasteiger partial charge >= 0.3 is 0 Å². The first-order chi connectivity index (χ1) is 7.20. The van der Waals surface area contributed by atoms with Gasteiger partial charge in [-0.3, -0.25) is 0 Å². The maximum Gasteiger partial charge on any atom is 0.0518 e. The number of hydrogen-bond acceptors (Lipinski definition) is 3. The molecule has 90 valence electrons. The molecule has 0 aromatic rings. The summed E-state index contributed by atoms with van der Waals surface area (Å²) in [5.74, 6) is 0. The highest BCUT2D eigenvalue weighted by atomic mass is 16.3. The van der Waals surface area contributed by atoms with E-state index in [2.05, 4.69) is 5.32 Å². The Labute approximate surface area is 92.9 Å². The molecule has 0 atom stereocenters. The van der Waals surface area contributed by atoms with Crippen LogP contribution in [0.1, 0.15) is 45.4 Å². The lowest BCUT2D eigenvalue weighted by atomic mass is 9.92. The minimum Gasteiger partial charge on any atom is -0.396 e. The molecule has 0 radical (unpaired) electrons. The molecular formula is C12H25NO2. The van der Waals surface area contributed by atoms with Crippen molar-refractivity contribution in [3.63, 3.8) is 0 Å². The molecule has 0 aromatic carbocycles. The Morgan fingerprint density at radius 3 is 2.07 bits per heavy atom. The number of rotatable bonds is 5. The summed E-state index contributed by atoms with van der Waals surface area (Å²) in [5.41, 5.74) is -0.369. The van der Waals surface area contributed by atoms with Crippen molar-refractivity contribution in [2.45, 2.75) is 51.5 Å². The lowest BCUT2D eigenvalue weighted by Gasteiger charge is -2.28. The molecule has 3 N–H and O–H groups in total. The summed E-state index contributed by atoms with van der Waals surface area (Å²) in [6.07, 6.45) is 7.82. The van der Waals surface area contributed by atoms with E-state index in [0.717, 1.165) is 0 Å². The smallest absolute Gasteiger partial charge is 0.0518 e. The summed E-state index contributed by atoms with van der Waals surface area (Å²) < 4.78 is 0. The Kier molecular flexibility index (Phi) is 5.58. The van der Waals surface area contributed by atoms with Crippen LogP contribution >= 0.6 is 0 Å². The van der Waals surface area contributed by atoms with E-state index in [9.17, 15) is 10.2 Å². The van der Waals surface area contributed by atoms with Gasteiger partial charge in [-0.2, -0.15) is 0 Å². The zero-order chi connectivity index (χ0) is 11.1. The molecule has 15 heavy (non-hydrogen) atoms. The fraction of sp³-hybridized carbons (Fsp3) is 1.00. The molecule has 0 unspecified atom stereocenters. The summed E-state index contributed by atoms with van der Waals surface area (Å²) in [7, 11) is 0. The number of hydrogen-bond donors (Lipinski definition) is 3. The molecular weight excluding hydrogens is 190 g/mol. The number of nitrogens with one attached hydrogen (secondary N) is 1. The van der Waals surface area contributed by atoms with Crippen LogP contribution in [-0.4, -0.2) is 36.0 Å². The van der Waals surface area contributed by atoms with Gasteiger partial charge in [-0.15, -0.1) is 0 Å². The van der Waals surface area contributed by atoms with Gasteiger partial charge in [-0.25, -0.2) is 0 Å². The molecule has 3 heteroatoms. The predicted molar refractivity (Wildman–Crippen MR) is 61.8 cm³/mol. The molecule has 0 aliphatic heterocycles. The number of aliphatic hydroxyl groups excluding tert-OH is 2. The average Bonchev–Trinajstić information content (AvgIpc) is 2.54. The van der Waals surface area contributed by atoms with Crippen molar-refractivity contribution in [1.29, 1.82) is 0 Å². The minimum atomic E-state index is -0.369. The third-order valence-corrected chi connectivity index (χ3v) is 3.44. The molecule has 1 rings (SSSR count). The van der Waals surface area contributed by atoms with Crippen molar-refractivity contribution in [3.05, 3.63) is 0 Å². The second-order valence-corrected chi connectivity index (χ2v) is 5.20. The molecule has 1 aliphatic rings. The first-order valence-corrected chi connectivity index (χ1v) is 6.15. The molecule has 0 heterocycles. The topological polar surface area (TPSA) is 52.5 Å². The van der Waals surface area contributed by atoms with Gasteiger partial charge in [0.15, 0.2) is 0 Å². The van der Waals surface area contributed by atoms with Crippen molar-refractivity contribution < 1.29 is 10.2 Å².